The lowest BCUT2D eigenvalue weighted by molar-refractivity contribution is 0.0778. The van der Waals surface area contributed by atoms with E-state index in [2.05, 4.69) is 15.9 Å². The van der Waals surface area contributed by atoms with Crippen LogP contribution in [0.4, 0.5) is 0 Å². The first-order valence-corrected chi connectivity index (χ1v) is 8.57. The number of nitrogens with two attached hydrogens (primary N) is 1. The molecule has 1 amide bonds. The molecule has 4 rings (SSSR count). The van der Waals surface area contributed by atoms with Gasteiger partial charge < -0.3 is 20.1 Å². The lowest BCUT2D eigenvalue weighted by atomic mass is 9.98. The van der Waals surface area contributed by atoms with Crippen LogP contribution in [0.3, 0.4) is 0 Å². The summed E-state index contributed by atoms with van der Waals surface area (Å²) in [5, 5.41) is 0. The Kier molecular flexibility index (Phi) is 4.76. The van der Waals surface area contributed by atoms with Gasteiger partial charge in [0.15, 0.2) is 11.5 Å². The minimum atomic E-state index is 0. The molecule has 2 fully saturated rings. The van der Waals surface area contributed by atoms with E-state index >= 15 is 0 Å². The van der Waals surface area contributed by atoms with E-state index in [0.717, 1.165) is 30.4 Å². The number of likely N-dealkylation sites (tertiary alicyclic amines) is 1. The summed E-state index contributed by atoms with van der Waals surface area (Å²) in [6.07, 6.45) is 2.23. The number of rotatable bonds is 1. The van der Waals surface area contributed by atoms with Crippen LogP contribution >= 0.6 is 28.3 Å². The van der Waals surface area contributed by atoms with Gasteiger partial charge in [0.1, 0.15) is 13.2 Å². The maximum Gasteiger partial charge on any atom is 0.254 e. The van der Waals surface area contributed by atoms with Gasteiger partial charge in [-0.1, -0.05) is 0 Å². The van der Waals surface area contributed by atoms with Gasteiger partial charge in [0.05, 0.1) is 4.47 Å². The van der Waals surface area contributed by atoms with E-state index in [1.54, 1.807) is 6.07 Å². The molecule has 1 saturated carbocycles. The first-order chi connectivity index (χ1) is 10.6. The summed E-state index contributed by atoms with van der Waals surface area (Å²) < 4.78 is 11.9. The third-order valence-electron chi connectivity index (χ3n) is 5.04. The summed E-state index contributed by atoms with van der Waals surface area (Å²) in [6.45, 7) is 2.64. The maximum atomic E-state index is 12.8. The predicted octanol–water partition coefficient (Wildman–Crippen LogP) is 2.45. The number of carbonyl (C=O) groups excluding carboxylic acids is 1. The fourth-order valence-electron chi connectivity index (χ4n) is 3.89. The summed E-state index contributed by atoms with van der Waals surface area (Å²) in [5.41, 5.74) is 6.80. The average Bonchev–Trinajstić information content (AvgIpc) is 3.09. The Morgan fingerprint density at radius 1 is 1.22 bits per heavy atom. The predicted molar refractivity (Wildman–Crippen MR) is 92.5 cm³/mol. The highest BCUT2D eigenvalue weighted by atomic mass is 79.9. The van der Waals surface area contributed by atoms with E-state index in [1.165, 1.54) is 0 Å². The second-order valence-electron chi connectivity index (χ2n) is 6.36. The van der Waals surface area contributed by atoms with E-state index in [0.29, 0.717) is 42.1 Å². The Bertz CT molecular complexity index is 628. The van der Waals surface area contributed by atoms with E-state index < -0.39 is 0 Å². The van der Waals surface area contributed by atoms with Crippen LogP contribution < -0.4 is 15.2 Å². The molecule has 5 nitrogen and oxygen atoms in total. The molecule has 3 unspecified atom stereocenters. The van der Waals surface area contributed by atoms with Crippen molar-refractivity contribution in [3.05, 3.63) is 22.2 Å². The van der Waals surface area contributed by atoms with E-state index in [4.69, 9.17) is 15.2 Å². The number of hydrogen-bond acceptors (Lipinski definition) is 4. The molecule has 0 aromatic heterocycles. The van der Waals surface area contributed by atoms with Crippen LogP contribution in [0.15, 0.2) is 16.6 Å². The number of ether oxygens (including phenoxy) is 2. The average molecular weight is 404 g/mol. The van der Waals surface area contributed by atoms with Crippen molar-refractivity contribution in [3.63, 3.8) is 0 Å². The molecule has 1 aromatic rings. The number of fused-ring (bicyclic) bond motifs is 2. The standard InChI is InChI=1S/C16H19BrN2O3.ClH/c17-12-5-10(6-14-15(12)22-4-3-21-14)16(20)19-7-9-1-2-13(18)11(9)8-19;/h5-6,9,11,13H,1-4,7-8,18H2;1H. The zero-order valence-electron chi connectivity index (χ0n) is 12.7. The molecule has 0 spiro atoms. The minimum absolute atomic E-state index is 0. The van der Waals surface area contributed by atoms with Crippen molar-refractivity contribution >= 4 is 34.2 Å². The summed E-state index contributed by atoms with van der Waals surface area (Å²) in [4.78, 5) is 14.7. The molecule has 2 N–H and O–H groups in total. The van der Waals surface area contributed by atoms with Gasteiger partial charge in [-0.15, -0.1) is 12.4 Å². The third-order valence-corrected chi connectivity index (χ3v) is 5.63. The molecule has 3 aliphatic rings. The van der Waals surface area contributed by atoms with Crippen molar-refractivity contribution in [1.29, 1.82) is 0 Å². The molecular weight excluding hydrogens is 384 g/mol. The van der Waals surface area contributed by atoms with Crippen molar-refractivity contribution in [2.24, 2.45) is 17.6 Å². The third kappa shape index (κ3) is 2.92. The largest absolute Gasteiger partial charge is 0.486 e. The molecule has 2 aliphatic heterocycles. The molecular formula is C16H20BrClN2O3. The zero-order chi connectivity index (χ0) is 15.3. The molecule has 1 saturated heterocycles. The lowest BCUT2D eigenvalue weighted by Crippen LogP contribution is -2.33. The molecule has 0 bridgehead atoms. The topological polar surface area (TPSA) is 64.8 Å². The normalized spacial score (nSPS) is 28.3. The highest BCUT2D eigenvalue weighted by molar-refractivity contribution is 9.10. The van der Waals surface area contributed by atoms with Crippen LogP contribution in [0.25, 0.3) is 0 Å². The van der Waals surface area contributed by atoms with Crippen LogP contribution in [0.5, 0.6) is 11.5 Å². The van der Waals surface area contributed by atoms with Gasteiger partial charge in [-0.05, 0) is 52.7 Å². The number of hydrogen-bond donors (Lipinski definition) is 1. The van der Waals surface area contributed by atoms with Gasteiger partial charge in [-0.3, -0.25) is 4.79 Å². The van der Waals surface area contributed by atoms with Crippen LogP contribution in [0.2, 0.25) is 0 Å². The van der Waals surface area contributed by atoms with E-state index in [9.17, 15) is 4.79 Å². The number of benzene rings is 1. The Balaban J connectivity index is 0.00000156. The maximum absolute atomic E-state index is 12.8. The molecule has 126 valence electrons. The molecule has 1 aromatic carbocycles. The number of halogens is 2. The van der Waals surface area contributed by atoms with Crippen molar-refractivity contribution in [1.82, 2.24) is 4.90 Å². The van der Waals surface area contributed by atoms with Gasteiger partial charge in [-0.2, -0.15) is 0 Å². The monoisotopic (exact) mass is 402 g/mol. The number of nitrogens with zero attached hydrogens (tertiary/aromatic N) is 1. The van der Waals surface area contributed by atoms with Crippen molar-refractivity contribution in [2.75, 3.05) is 26.3 Å². The van der Waals surface area contributed by atoms with Crippen LogP contribution in [0, 0.1) is 11.8 Å². The second-order valence-corrected chi connectivity index (χ2v) is 7.21. The first kappa shape index (κ1) is 16.9. The van der Waals surface area contributed by atoms with E-state index in [-0.39, 0.29) is 24.4 Å². The summed E-state index contributed by atoms with van der Waals surface area (Å²) in [7, 11) is 0. The van der Waals surface area contributed by atoms with Crippen molar-refractivity contribution in [2.45, 2.75) is 18.9 Å². The Hall–Kier alpha value is -0.980. The molecule has 2 heterocycles. The fraction of sp³-hybridized carbons (Fsp3) is 0.562. The van der Waals surface area contributed by atoms with Crippen LogP contribution in [-0.2, 0) is 0 Å². The summed E-state index contributed by atoms with van der Waals surface area (Å²) >= 11 is 3.47. The molecule has 3 atom stereocenters. The molecule has 23 heavy (non-hydrogen) atoms. The fourth-order valence-corrected chi connectivity index (χ4v) is 4.45. The van der Waals surface area contributed by atoms with Crippen LogP contribution in [-0.4, -0.2) is 43.2 Å². The summed E-state index contributed by atoms with van der Waals surface area (Å²) in [5.74, 6) is 2.41. The second kappa shape index (κ2) is 6.49. The van der Waals surface area contributed by atoms with Gasteiger partial charge in [0, 0.05) is 24.7 Å². The highest BCUT2D eigenvalue weighted by Gasteiger charge is 2.42. The smallest absolute Gasteiger partial charge is 0.254 e. The lowest BCUT2D eigenvalue weighted by Gasteiger charge is -2.22. The van der Waals surface area contributed by atoms with Crippen LogP contribution in [0.1, 0.15) is 23.2 Å². The Morgan fingerprint density at radius 2 is 2.00 bits per heavy atom. The first-order valence-electron chi connectivity index (χ1n) is 7.77. The van der Waals surface area contributed by atoms with Gasteiger partial charge in [-0.25, -0.2) is 0 Å². The number of carbonyl (C=O) groups is 1. The summed E-state index contributed by atoms with van der Waals surface area (Å²) in [6, 6.07) is 3.86. The van der Waals surface area contributed by atoms with Gasteiger partial charge in [0.2, 0.25) is 0 Å². The van der Waals surface area contributed by atoms with Gasteiger partial charge >= 0.3 is 0 Å². The minimum Gasteiger partial charge on any atom is -0.486 e. The zero-order valence-corrected chi connectivity index (χ0v) is 15.1. The van der Waals surface area contributed by atoms with Crippen molar-refractivity contribution in [3.8, 4) is 11.5 Å². The molecule has 1 aliphatic carbocycles. The highest BCUT2D eigenvalue weighted by Crippen LogP contribution is 2.40. The number of amides is 1. The van der Waals surface area contributed by atoms with Crippen molar-refractivity contribution < 1.29 is 14.3 Å². The molecule has 0 radical (unpaired) electrons. The Labute approximate surface area is 150 Å². The Morgan fingerprint density at radius 3 is 2.78 bits per heavy atom. The molecule has 7 heteroatoms. The SMILES string of the molecule is Cl.NC1CCC2CN(C(=O)c3cc(Br)c4c(c3)OCCO4)CC12. The van der Waals surface area contributed by atoms with Gasteiger partial charge in [0.25, 0.3) is 5.91 Å². The van der Waals surface area contributed by atoms with E-state index in [1.807, 2.05) is 11.0 Å². The quantitative estimate of drug-likeness (QED) is 0.782.